The van der Waals surface area contributed by atoms with E-state index in [9.17, 15) is 18.0 Å². The van der Waals surface area contributed by atoms with Crippen LogP contribution in [0.2, 0.25) is 0 Å². The quantitative estimate of drug-likeness (QED) is 0.521. The van der Waals surface area contributed by atoms with Crippen molar-refractivity contribution >= 4 is 17.7 Å². The van der Waals surface area contributed by atoms with E-state index < -0.39 is 18.1 Å². The predicted molar refractivity (Wildman–Crippen MR) is 63.2 cm³/mol. The molecule has 0 heterocycles. The van der Waals surface area contributed by atoms with Gasteiger partial charge in [-0.3, -0.25) is 0 Å². The third-order valence-electron chi connectivity index (χ3n) is 1.95. The molecule has 0 spiro atoms. The van der Waals surface area contributed by atoms with Gasteiger partial charge in [-0.05, 0) is 31.2 Å². The van der Waals surface area contributed by atoms with Crippen LogP contribution < -0.4 is 10.5 Å². The maximum Gasteiger partial charge on any atom is 0.573 e. The summed E-state index contributed by atoms with van der Waals surface area (Å²) in [7, 11) is 0. The molecule has 7 heteroatoms. The number of carbonyl (C=O) groups excluding carboxylic acids is 1. The molecule has 0 aliphatic heterocycles. The number of hydrogen-bond donors (Lipinski definition) is 1. The first-order valence-corrected chi connectivity index (χ1v) is 5.32. The number of rotatable bonds is 4. The van der Waals surface area contributed by atoms with Crippen molar-refractivity contribution in [2.24, 2.45) is 0 Å². The maximum atomic E-state index is 12.2. The summed E-state index contributed by atoms with van der Waals surface area (Å²) in [5.74, 6) is -1.11. The van der Waals surface area contributed by atoms with Gasteiger partial charge >= 0.3 is 12.3 Å². The minimum atomic E-state index is -4.82. The molecule has 0 aliphatic carbocycles. The minimum absolute atomic E-state index is 0.0328. The van der Waals surface area contributed by atoms with E-state index in [0.29, 0.717) is 0 Å². The zero-order chi connectivity index (χ0) is 14.5. The lowest BCUT2D eigenvalue weighted by Crippen LogP contribution is -2.17. The van der Waals surface area contributed by atoms with E-state index in [4.69, 9.17) is 5.73 Å². The van der Waals surface area contributed by atoms with Gasteiger partial charge in [0.25, 0.3) is 0 Å². The van der Waals surface area contributed by atoms with Gasteiger partial charge in [0.2, 0.25) is 0 Å². The minimum Gasteiger partial charge on any atom is -0.463 e. The molecule has 0 fully saturated rings. The number of benzene rings is 1. The first kappa shape index (κ1) is 14.9. The van der Waals surface area contributed by atoms with Crippen LogP contribution in [0.3, 0.4) is 0 Å². The van der Waals surface area contributed by atoms with E-state index in [1.165, 1.54) is 12.1 Å². The van der Waals surface area contributed by atoms with E-state index in [1.807, 2.05) is 0 Å². The van der Waals surface area contributed by atoms with Crippen LogP contribution in [-0.2, 0) is 9.53 Å². The fourth-order valence-electron chi connectivity index (χ4n) is 1.26. The molecular formula is C12H12F3NO3. The Labute approximate surface area is 107 Å². The monoisotopic (exact) mass is 275 g/mol. The Morgan fingerprint density at radius 2 is 2.11 bits per heavy atom. The van der Waals surface area contributed by atoms with Crippen molar-refractivity contribution in [3.05, 3.63) is 29.8 Å². The van der Waals surface area contributed by atoms with Gasteiger partial charge in [-0.25, -0.2) is 4.79 Å². The van der Waals surface area contributed by atoms with E-state index in [2.05, 4.69) is 9.47 Å². The number of ether oxygens (including phenoxy) is 2. The molecule has 0 aliphatic rings. The molecule has 0 saturated heterocycles. The van der Waals surface area contributed by atoms with Gasteiger partial charge < -0.3 is 15.2 Å². The largest absolute Gasteiger partial charge is 0.573 e. The van der Waals surface area contributed by atoms with Gasteiger partial charge in [-0.15, -0.1) is 13.2 Å². The van der Waals surface area contributed by atoms with Crippen molar-refractivity contribution in [2.75, 3.05) is 12.3 Å². The Hall–Kier alpha value is -2.18. The molecule has 0 atom stereocenters. The second kappa shape index (κ2) is 6.12. The van der Waals surface area contributed by atoms with E-state index in [1.54, 1.807) is 6.92 Å². The number of halogens is 3. The third kappa shape index (κ3) is 5.33. The fraction of sp³-hybridized carbons (Fsp3) is 0.250. The highest BCUT2D eigenvalue weighted by molar-refractivity contribution is 5.87. The van der Waals surface area contributed by atoms with Crippen LogP contribution >= 0.6 is 0 Å². The van der Waals surface area contributed by atoms with Crippen molar-refractivity contribution in [2.45, 2.75) is 13.3 Å². The zero-order valence-electron chi connectivity index (χ0n) is 10.0. The standard InChI is InChI=1S/C12H12F3NO3/c1-2-18-11(17)6-3-8-7-9(16)4-5-10(8)19-12(13,14)15/h3-7H,2,16H2,1H3. The van der Waals surface area contributed by atoms with Crippen molar-refractivity contribution in [3.8, 4) is 5.75 Å². The number of nitrogen functional groups attached to an aromatic ring is 1. The molecule has 0 radical (unpaired) electrons. The molecule has 104 valence electrons. The van der Waals surface area contributed by atoms with Gasteiger partial charge in [0, 0.05) is 17.3 Å². The number of alkyl halides is 3. The van der Waals surface area contributed by atoms with Crippen molar-refractivity contribution < 1.29 is 27.4 Å². The van der Waals surface area contributed by atoms with Gasteiger partial charge in [0.15, 0.2) is 0 Å². The summed E-state index contributed by atoms with van der Waals surface area (Å²) in [6, 6.07) is 3.60. The molecule has 0 amide bonds. The van der Waals surface area contributed by atoms with Crippen LogP contribution in [0.5, 0.6) is 5.75 Å². The van der Waals surface area contributed by atoms with Gasteiger partial charge in [0.05, 0.1) is 6.61 Å². The van der Waals surface area contributed by atoms with E-state index >= 15 is 0 Å². The van der Waals surface area contributed by atoms with Crippen molar-refractivity contribution in [3.63, 3.8) is 0 Å². The highest BCUT2D eigenvalue weighted by atomic mass is 19.4. The summed E-state index contributed by atoms with van der Waals surface area (Å²) in [6.07, 6.45) is -2.67. The number of esters is 1. The van der Waals surface area contributed by atoms with E-state index in [-0.39, 0.29) is 17.9 Å². The predicted octanol–water partition coefficient (Wildman–Crippen LogP) is 2.74. The average molecular weight is 275 g/mol. The highest BCUT2D eigenvalue weighted by Gasteiger charge is 2.31. The van der Waals surface area contributed by atoms with E-state index in [0.717, 1.165) is 18.2 Å². The molecule has 0 bridgehead atoms. The molecule has 1 aromatic carbocycles. The van der Waals surface area contributed by atoms with Crippen LogP contribution in [0.15, 0.2) is 24.3 Å². The molecule has 19 heavy (non-hydrogen) atoms. The summed E-state index contributed by atoms with van der Waals surface area (Å²) < 4.78 is 45.0. The molecule has 0 aromatic heterocycles. The summed E-state index contributed by atoms with van der Waals surface area (Å²) in [4.78, 5) is 11.1. The highest BCUT2D eigenvalue weighted by Crippen LogP contribution is 2.28. The van der Waals surface area contributed by atoms with Crippen molar-refractivity contribution in [1.82, 2.24) is 0 Å². The number of hydrogen-bond acceptors (Lipinski definition) is 4. The summed E-state index contributed by atoms with van der Waals surface area (Å²) in [5, 5.41) is 0. The number of carbonyl (C=O) groups is 1. The fourth-order valence-corrected chi connectivity index (χ4v) is 1.26. The second-order valence-corrected chi connectivity index (χ2v) is 3.43. The Kier molecular flexibility index (Phi) is 4.80. The first-order chi connectivity index (χ1) is 8.81. The van der Waals surface area contributed by atoms with Crippen LogP contribution in [0.25, 0.3) is 6.08 Å². The van der Waals surface area contributed by atoms with Gasteiger partial charge in [-0.2, -0.15) is 0 Å². The smallest absolute Gasteiger partial charge is 0.463 e. The lowest BCUT2D eigenvalue weighted by Gasteiger charge is -2.11. The molecular weight excluding hydrogens is 263 g/mol. The Bertz CT molecular complexity index is 484. The zero-order valence-corrected chi connectivity index (χ0v) is 10.0. The molecule has 1 aromatic rings. The molecule has 0 saturated carbocycles. The average Bonchev–Trinajstić information content (AvgIpc) is 2.28. The lowest BCUT2D eigenvalue weighted by atomic mass is 10.1. The Balaban J connectivity index is 2.97. The Morgan fingerprint density at radius 3 is 2.68 bits per heavy atom. The maximum absolute atomic E-state index is 12.2. The molecule has 0 unspecified atom stereocenters. The van der Waals surface area contributed by atoms with Crippen LogP contribution in [0.1, 0.15) is 12.5 Å². The topological polar surface area (TPSA) is 61.5 Å². The van der Waals surface area contributed by atoms with Gasteiger partial charge in [0.1, 0.15) is 5.75 Å². The first-order valence-electron chi connectivity index (χ1n) is 5.32. The lowest BCUT2D eigenvalue weighted by molar-refractivity contribution is -0.274. The van der Waals surface area contributed by atoms with Crippen molar-refractivity contribution in [1.29, 1.82) is 0 Å². The molecule has 4 nitrogen and oxygen atoms in total. The molecule has 1 rings (SSSR count). The summed E-state index contributed by atoms with van der Waals surface area (Å²) in [5.41, 5.74) is 5.75. The summed E-state index contributed by atoms with van der Waals surface area (Å²) >= 11 is 0. The second-order valence-electron chi connectivity index (χ2n) is 3.43. The molecule has 2 N–H and O–H groups in total. The summed E-state index contributed by atoms with van der Waals surface area (Å²) in [6.45, 7) is 1.79. The van der Waals surface area contributed by atoms with Crippen LogP contribution in [0, 0.1) is 0 Å². The van der Waals surface area contributed by atoms with Gasteiger partial charge in [-0.1, -0.05) is 0 Å². The normalized spacial score (nSPS) is 11.6. The van der Waals surface area contributed by atoms with Crippen LogP contribution in [0.4, 0.5) is 18.9 Å². The Morgan fingerprint density at radius 1 is 1.42 bits per heavy atom. The number of nitrogens with two attached hydrogens (primary N) is 1. The van der Waals surface area contributed by atoms with Crippen LogP contribution in [-0.4, -0.2) is 18.9 Å². The number of anilines is 1. The third-order valence-corrected chi connectivity index (χ3v) is 1.95. The SMILES string of the molecule is CCOC(=O)C=Cc1cc(N)ccc1OC(F)(F)F.